The van der Waals surface area contributed by atoms with Crippen LogP contribution in [0.25, 0.3) is 10.9 Å². The number of carboxylic acid groups (broad SMARTS) is 1. The summed E-state index contributed by atoms with van der Waals surface area (Å²) in [5, 5.41) is 9.18. The lowest BCUT2D eigenvalue weighted by Gasteiger charge is -2.10. The molecule has 0 saturated carbocycles. The van der Waals surface area contributed by atoms with Crippen molar-refractivity contribution >= 4 is 27.7 Å². The zero-order valence-electron chi connectivity index (χ0n) is 10.6. The van der Waals surface area contributed by atoms with Gasteiger partial charge in [-0.1, -0.05) is 31.2 Å². The summed E-state index contributed by atoms with van der Waals surface area (Å²) in [4.78, 5) is 15.3. The summed E-state index contributed by atoms with van der Waals surface area (Å²) in [5.74, 6) is -0.784. The summed E-state index contributed by atoms with van der Waals surface area (Å²) in [6.07, 6.45) is 2.05. The van der Waals surface area contributed by atoms with E-state index in [0.717, 1.165) is 16.5 Å². The van der Waals surface area contributed by atoms with Crippen molar-refractivity contribution in [2.45, 2.75) is 24.3 Å². The van der Waals surface area contributed by atoms with Crippen molar-refractivity contribution in [3.8, 4) is 0 Å². The SMILES string of the molecule is CCC(C(=O)O)S(=O)Cc1cccc2cccnc12. The van der Waals surface area contributed by atoms with Gasteiger partial charge in [0.1, 0.15) is 5.25 Å². The van der Waals surface area contributed by atoms with E-state index in [-0.39, 0.29) is 5.75 Å². The van der Waals surface area contributed by atoms with Crippen LogP contribution in [-0.4, -0.2) is 25.5 Å². The van der Waals surface area contributed by atoms with Crippen molar-refractivity contribution in [1.82, 2.24) is 4.98 Å². The topological polar surface area (TPSA) is 67.3 Å². The summed E-state index contributed by atoms with van der Waals surface area (Å²) in [6, 6.07) is 9.43. The third-order valence-electron chi connectivity index (χ3n) is 2.98. The van der Waals surface area contributed by atoms with Crippen molar-refractivity contribution in [2.24, 2.45) is 0 Å². The van der Waals surface area contributed by atoms with Crippen LogP contribution in [0.5, 0.6) is 0 Å². The van der Waals surface area contributed by atoms with Crippen LogP contribution in [0, 0.1) is 0 Å². The number of aromatic nitrogens is 1. The van der Waals surface area contributed by atoms with Gasteiger partial charge in [0.2, 0.25) is 0 Å². The first kappa shape index (κ1) is 13.7. The molecule has 1 aromatic carbocycles. The second kappa shape index (κ2) is 5.93. The summed E-state index contributed by atoms with van der Waals surface area (Å²) in [5.41, 5.74) is 1.62. The molecule has 0 radical (unpaired) electrons. The second-order valence-electron chi connectivity index (χ2n) is 4.25. The fraction of sp³-hybridized carbons (Fsp3) is 0.286. The number of fused-ring (bicyclic) bond motifs is 1. The fourth-order valence-electron chi connectivity index (χ4n) is 2.01. The lowest BCUT2D eigenvalue weighted by atomic mass is 10.1. The Labute approximate surface area is 113 Å². The molecule has 0 aliphatic heterocycles. The van der Waals surface area contributed by atoms with Gasteiger partial charge in [0.25, 0.3) is 0 Å². The standard InChI is InChI=1S/C14H15NO3S/c1-2-12(14(16)17)19(18)9-11-6-3-5-10-7-4-8-15-13(10)11/h3-8,12H,2,9H2,1H3,(H,16,17). The molecule has 0 aliphatic rings. The Bertz CT molecular complexity index is 622. The Morgan fingerprint density at radius 3 is 2.79 bits per heavy atom. The molecule has 5 heteroatoms. The largest absolute Gasteiger partial charge is 0.480 e. The molecule has 2 unspecified atom stereocenters. The Morgan fingerprint density at radius 2 is 2.11 bits per heavy atom. The van der Waals surface area contributed by atoms with Crippen molar-refractivity contribution < 1.29 is 14.1 Å². The van der Waals surface area contributed by atoms with E-state index in [9.17, 15) is 9.00 Å². The molecule has 100 valence electrons. The fourth-order valence-corrected chi connectivity index (χ4v) is 3.35. The summed E-state index contributed by atoms with van der Waals surface area (Å²) in [6.45, 7) is 1.73. The van der Waals surface area contributed by atoms with Gasteiger partial charge < -0.3 is 5.11 Å². The monoisotopic (exact) mass is 277 g/mol. The molecule has 0 amide bonds. The number of aliphatic carboxylic acids is 1. The molecule has 0 fully saturated rings. The van der Waals surface area contributed by atoms with E-state index in [1.54, 1.807) is 13.1 Å². The maximum Gasteiger partial charge on any atom is 0.319 e. The Morgan fingerprint density at radius 1 is 1.37 bits per heavy atom. The molecule has 1 heterocycles. The number of para-hydroxylation sites is 1. The quantitative estimate of drug-likeness (QED) is 0.911. The smallest absolute Gasteiger partial charge is 0.319 e. The van der Waals surface area contributed by atoms with Crippen molar-refractivity contribution in [3.05, 3.63) is 42.1 Å². The molecular formula is C14H15NO3S. The van der Waals surface area contributed by atoms with Crippen LogP contribution < -0.4 is 0 Å². The van der Waals surface area contributed by atoms with E-state index in [2.05, 4.69) is 4.98 Å². The molecule has 2 rings (SSSR count). The molecule has 2 aromatic rings. The maximum absolute atomic E-state index is 12.1. The minimum absolute atomic E-state index is 0.221. The number of benzene rings is 1. The normalized spacial score (nSPS) is 14.2. The number of hydrogen-bond acceptors (Lipinski definition) is 3. The highest BCUT2D eigenvalue weighted by atomic mass is 32.2. The van der Waals surface area contributed by atoms with Gasteiger partial charge in [-0.05, 0) is 18.1 Å². The van der Waals surface area contributed by atoms with Crippen LogP contribution in [0.3, 0.4) is 0 Å². The zero-order valence-corrected chi connectivity index (χ0v) is 11.4. The van der Waals surface area contributed by atoms with Crippen molar-refractivity contribution in [3.63, 3.8) is 0 Å². The third-order valence-corrected chi connectivity index (χ3v) is 4.74. The third kappa shape index (κ3) is 2.98. The summed E-state index contributed by atoms with van der Waals surface area (Å²) in [7, 11) is -1.43. The predicted molar refractivity (Wildman–Crippen MR) is 75.3 cm³/mol. The van der Waals surface area contributed by atoms with Gasteiger partial charge in [0.15, 0.2) is 0 Å². The Balaban J connectivity index is 2.31. The van der Waals surface area contributed by atoms with Crippen LogP contribution in [0.15, 0.2) is 36.5 Å². The number of carboxylic acids is 1. The van der Waals surface area contributed by atoms with Crippen molar-refractivity contribution in [2.75, 3.05) is 0 Å². The molecule has 0 bridgehead atoms. The first-order chi connectivity index (χ1) is 9.13. The van der Waals surface area contributed by atoms with E-state index in [4.69, 9.17) is 5.11 Å². The van der Waals surface area contributed by atoms with Gasteiger partial charge in [-0.3, -0.25) is 14.0 Å². The van der Waals surface area contributed by atoms with E-state index in [0.29, 0.717) is 6.42 Å². The average Bonchev–Trinajstić information content (AvgIpc) is 2.39. The molecule has 1 N–H and O–H groups in total. The summed E-state index contributed by atoms with van der Waals surface area (Å²) >= 11 is 0. The van der Waals surface area contributed by atoms with Crippen LogP contribution in [0.2, 0.25) is 0 Å². The van der Waals surface area contributed by atoms with Gasteiger partial charge in [-0.15, -0.1) is 0 Å². The number of pyridine rings is 1. The lowest BCUT2D eigenvalue weighted by Crippen LogP contribution is -2.25. The van der Waals surface area contributed by atoms with E-state index >= 15 is 0 Å². The number of rotatable bonds is 5. The number of nitrogens with zero attached hydrogens (tertiary/aromatic N) is 1. The highest BCUT2D eigenvalue weighted by molar-refractivity contribution is 7.85. The Hall–Kier alpha value is -1.75. The molecule has 0 spiro atoms. The molecule has 4 nitrogen and oxygen atoms in total. The first-order valence-corrected chi connectivity index (χ1v) is 7.44. The lowest BCUT2D eigenvalue weighted by molar-refractivity contribution is -0.136. The van der Waals surface area contributed by atoms with Crippen LogP contribution in [0.1, 0.15) is 18.9 Å². The van der Waals surface area contributed by atoms with E-state index < -0.39 is 22.0 Å². The van der Waals surface area contributed by atoms with Gasteiger partial charge >= 0.3 is 5.97 Å². The van der Waals surface area contributed by atoms with E-state index in [1.165, 1.54) is 0 Å². The highest BCUT2D eigenvalue weighted by Gasteiger charge is 2.23. The van der Waals surface area contributed by atoms with Gasteiger partial charge in [-0.2, -0.15) is 0 Å². The molecule has 0 saturated heterocycles. The van der Waals surface area contributed by atoms with Gasteiger partial charge in [0.05, 0.1) is 11.3 Å². The highest BCUT2D eigenvalue weighted by Crippen LogP contribution is 2.19. The minimum atomic E-state index is -1.43. The Kier molecular flexibility index (Phi) is 4.27. The average molecular weight is 277 g/mol. The predicted octanol–water partition coefficient (Wildman–Crippen LogP) is 2.35. The zero-order chi connectivity index (χ0) is 13.8. The van der Waals surface area contributed by atoms with Gasteiger partial charge in [-0.25, -0.2) is 0 Å². The van der Waals surface area contributed by atoms with Crippen LogP contribution in [-0.2, 0) is 21.3 Å². The van der Waals surface area contributed by atoms with E-state index in [1.807, 2.05) is 30.3 Å². The summed E-state index contributed by atoms with van der Waals surface area (Å²) < 4.78 is 12.1. The molecule has 19 heavy (non-hydrogen) atoms. The van der Waals surface area contributed by atoms with Gasteiger partial charge in [0, 0.05) is 22.4 Å². The van der Waals surface area contributed by atoms with Crippen molar-refractivity contribution in [1.29, 1.82) is 0 Å². The molecule has 1 aromatic heterocycles. The van der Waals surface area contributed by atoms with Crippen LogP contribution in [0.4, 0.5) is 0 Å². The number of hydrogen-bond donors (Lipinski definition) is 1. The first-order valence-electron chi connectivity index (χ1n) is 6.06. The second-order valence-corrected chi connectivity index (χ2v) is 5.87. The maximum atomic E-state index is 12.1. The minimum Gasteiger partial charge on any atom is -0.480 e. The molecule has 0 aliphatic carbocycles. The molecule has 2 atom stereocenters. The molecular weight excluding hydrogens is 262 g/mol. The van der Waals surface area contributed by atoms with Crippen LogP contribution >= 0.6 is 0 Å². The number of carbonyl (C=O) groups is 1.